The highest BCUT2D eigenvalue weighted by Crippen LogP contribution is 2.35. The first-order valence-electron chi connectivity index (χ1n) is 5.22. The standard InChI is InChI=1S/C11H16ClFN2O2S/c1-11(2,18(3,16)17)10(15-14)8-6-7(13)4-5-9(8)12/h4-6,10,15H,14H2,1-3H3. The summed E-state index contributed by atoms with van der Waals surface area (Å²) in [6, 6.07) is 2.94. The molecule has 3 N–H and O–H groups in total. The maximum Gasteiger partial charge on any atom is 0.154 e. The van der Waals surface area contributed by atoms with Crippen LogP contribution in [0.5, 0.6) is 0 Å². The lowest BCUT2D eigenvalue weighted by Gasteiger charge is -2.32. The van der Waals surface area contributed by atoms with Crippen molar-refractivity contribution in [3.05, 3.63) is 34.6 Å². The summed E-state index contributed by atoms with van der Waals surface area (Å²) in [5, 5.41) is 0.260. The minimum Gasteiger partial charge on any atom is -0.271 e. The van der Waals surface area contributed by atoms with Crippen molar-refractivity contribution in [1.29, 1.82) is 0 Å². The number of sulfone groups is 1. The third-order valence-corrected chi connectivity index (χ3v) is 5.58. The molecule has 1 unspecified atom stereocenters. The minimum atomic E-state index is -3.42. The molecule has 0 spiro atoms. The molecule has 0 bridgehead atoms. The van der Waals surface area contributed by atoms with Gasteiger partial charge in [-0.3, -0.25) is 11.3 Å². The predicted octanol–water partition coefficient (Wildman–Crippen LogP) is 1.81. The molecule has 0 aliphatic heterocycles. The zero-order valence-corrected chi connectivity index (χ0v) is 11.9. The van der Waals surface area contributed by atoms with Crippen molar-refractivity contribution >= 4 is 21.4 Å². The smallest absolute Gasteiger partial charge is 0.154 e. The van der Waals surface area contributed by atoms with Crippen LogP contribution in [0, 0.1) is 5.82 Å². The van der Waals surface area contributed by atoms with Crippen molar-refractivity contribution in [2.45, 2.75) is 24.6 Å². The number of hydrogen-bond donors (Lipinski definition) is 2. The highest BCUT2D eigenvalue weighted by Gasteiger charge is 2.40. The van der Waals surface area contributed by atoms with Crippen LogP contribution in [0.2, 0.25) is 5.02 Å². The molecule has 0 fully saturated rings. The topological polar surface area (TPSA) is 72.2 Å². The molecule has 0 aromatic heterocycles. The van der Waals surface area contributed by atoms with E-state index in [1.807, 2.05) is 0 Å². The number of rotatable bonds is 4. The van der Waals surface area contributed by atoms with Crippen LogP contribution in [-0.2, 0) is 9.84 Å². The van der Waals surface area contributed by atoms with E-state index >= 15 is 0 Å². The van der Waals surface area contributed by atoms with Gasteiger partial charge in [0.2, 0.25) is 0 Å². The highest BCUT2D eigenvalue weighted by atomic mass is 35.5. The van der Waals surface area contributed by atoms with E-state index in [-0.39, 0.29) is 5.02 Å². The molecule has 0 saturated heterocycles. The van der Waals surface area contributed by atoms with E-state index in [4.69, 9.17) is 17.4 Å². The summed E-state index contributed by atoms with van der Waals surface area (Å²) in [6.07, 6.45) is 1.10. The van der Waals surface area contributed by atoms with Crippen LogP contribution in [-0.4, -0.2) is 19.4 Å². The summed E-state index contributed by atoms with van der Waals surface area (Å²) in [5.74, 6) is 4.91. The molecule has 102 valence electrons. The number of hydrogen-bond acceptors (Lipinski definition) is 4. The predicted molar refractivity (Wildman–Crippen MR) is 70.4 cm³/mol. The first-order valence-corrected chi connectivity index (χ1v) is 7.49. The monoisotopic (exact) mass is 294 g/mol. The molecule has 18 heavy (non-hydrogen) atoms. The summed E-state index contributed by atoms with van der Waals surface area (Å²) in [7, 11) is -3.42. The Morgan fingerprint density at radius 2 is 2.00 bits per heavy atom. The second-order valence-corrected chi connectivity index (χ2v) is 7.64. The van der Waals surface area contributed by atoms with Crippen LogP contribution in [0.25, 0.3) is 0 Å². The van der Waals surface area contributed by atoms with Gasteiger partial charge in [0.1, 0.15) is 5.82 Å². The Morgan fingerprint density at radius 3 is 2.44 bits per heavy atom. The third-order valence-electron chi connectivity index (χ3n) is 3.09. The van der Waals surface area contributed by atoms with Gasteiger partial charge >= 0.3 is 0 Å². The van der Waals surface area contributed by atoms with Gasteiger partial charge in [0.05, 0.1) is 10.8 Å². The molecule has 1 aromatic carbocycles. The van der Waals surface area contributed by atoms with E-state index in [9.17, 15) is 12.8 Å². The Bertz CT molecular complexity index is 546. The van der Waals surface area contributed by atoms with Gasteiger partial charge in [0, 0.05) is 11.3 Å². The first-order chi connectivity index (χ1) is 8.11. The highest BCUT2D eigenvalue weighted by molar-refractivity contribution is 7.92. The molecule has 1 atom stereocenters. The molecule has 4 nitrogen and oxygen atoms in total. The van der Waals surface area contributed by atoms with Crippen molar-refractivity contribution in [3.63, 3.8) is 0 Å². The zero-order valence-electron chi connectivity index (χ0n) is 10.4. The minimum absolute atomic E-state index is 0.260. The Morgan fingerprint density at radius 1 is 1.44 bits per heavy atom. The Labute approximate surface area is 111 Å². The SMILES string of the molecule is CC(C)(C(NN)c1cc(F)ccc1Cl)S(C)(=O)=O. The largest absolute Gasteiger partial charge is 0.271 e. The van der Waals surface area contributed by atoms with Gasteiger partial charge < -0.3 is 0 Å². The summed E-state index contributed by atoms with van der Waals surface area (Å²) in [4.78, 5) is 0. The van der Waals surface area contributed by atoms with Crippen molar-refractivity contribution in [2.24, 2.45) is 5.84 Å². The van der Waals surface area contributed by atoms with E-state index in [0.29, 0.717) is 5.56 Å². The quantitative estimate of drug-likeness (QED) is 0.656. The average Bonchev–Trinajstić information content (AvgIpc) is 2.22. The summed E-state index contributed by atoms with van der Waals surface area (Å²) in [5.41, 5.74) is 2.72. The molecular formula is C11H16ClFN2O2S. The molecule has 0 aliphatic rings. The molecule has 0 amide bonds. The zero-order chi connectivity index (χ0) is 14.1. The first kappa shape index (κ1) is 15.4. The maximum absolute atomic E-state index is 13.3. The van der Waals surface area contributed by atoms with Gasteiger partial charge in [0.15, 0.2) is 9.84 Å². The number of nitrogens with two attached hydrogens (primary N) is 1. The van der Waals surface area contributed by atoms with Crippen LogP contribution in [0.4, 0.5) is 4.39 Å². The van der Waals surface area contributed by atoms with Gasteiger partial charge in [-0.05, 0) is 37.6 Å². The summed E-state index contributed by atoms with van der Waals surface area (Å²) >= 11 is 5.97. The van der Waals surface area contributed by atoms with E-state index < -0.39 is 26.4 Å². The molecule has 7 heteroatoms. The fourth-order valence-corrected chi connectivity index (χ4v) is 2.46. The molecule has 0 radical (unpaired) electrons. The molecule has 0 aliphatic carbocycles. The Kier molecular flexibility index (Phi) is 4.38. The maximum atomic E-state index is 13.3. The normalized spacial score (nSPS) is 14.6. The number of hydrazine groups is 1. The van der Waals surface area contributed by atoms with Gasteiger partial charge in [-0.15, -0.1) is 0 Å². The number of halogens is 2. The Hall–Kier alpha value is -0.690. The summed E-state index contributed by atoms with van der Waals surface area (Å²) < 4.78 is 35.6. The summed E-state index contributed by atoms with van der Waals surface area (Å²) in [6.45, 7) is 3.02. The molecular weight excluding hydrogens is 279 g/mol. The number of benzene rings is 1. The fourth-order valence-electron chi connectivity index (χ4n) is 1.61. The average molecular weight is 295 g/mol. The van der Waals surface area contributed by atoms with E-state index in [1.54, 1.807) is 0 Å². The molecule has 1 aromatic rings. The van der Waals surface area contributed by atoms with Gasteiger partial charge in [0.25, 0.3) is 0 Å². The van der Waals surface area contributed by atoms with Crippen LogP contribution in [0.1, 0.15) is 25.5 Å². The lowest BCUT2D eigenvalue weighted by molar-refractivity contribution is 0.426. The second-order valence-electron chi connectivity index (χ2n) is 4.64. The van der Waals surface area contributed by atoms with E-state index in [2.05, 4.69) is 5.43 Å². The lowest BCUT2D eigenvalue weighted by atomic mass is 9.95. The van der Waals surface area contributed by atoms with Crippen LogP contribution < -0.4 is 11.3 Å². The second kappa shape index (κ2) is 5.13. The van der Waals surface area contributed by atoms with Crippen LogP contribution in [0.3, 0.4) is 0 Å². The fraction of sp³-hybridized carbons (Fsp3) is 0.455. The van der Waals surface area contributed by atoms with Crippen molar-refractivity contribution in [2.75, 3.05) is 6.26 Å². The molecule has 0 heterocycles. The third kappa shape index (κ3) is 2.83. The van der Waals surface area contributed by atoms with Crippen molar-refractivity contribution < 1.29 is 12.8 Å². The lowest BCUT2D eigenvalue weighted by Crippen LogP contribution is -2.47. The Balaban J connectivity index is 3.39. The van der Waals surface area contributed by atoms with Crippen molar-refractivity contribution in [3.8, 4) is 0 Å². The van der Waals surface area contributed by atoms with Crippen LogP contribution >= 0.6 is 11.6 Å². The van der Waals surface area contributed by atoms with Crippen LogP contribution in [0.15, 0.2) is 18.2 Å². The molecule has 0 saturated carbocycles. The van der Waals surface area contributed by atoms with Gasteiger partial charge in [-0.2, -0.15) is 0 Å². The van der Waals surface area contributed by atoms with Gasteiger partial charge in [-0.1, -0.05) is 11.6 Å². The van der Waals surface area contributed by atoms with E-state index in [1.165, 1.54) is 32.0 Å². The number of nitrogens with one attached hydrogen (secondary N) is 1. The van der Waals surface area contributed by atoms with E-state index in [0.717, 1.165) is 6.26 Å². The molecule has 1 rings (SSSR count). The van der Waals surface area contributed by atoms with Crippen molar-refractivity contribution in [1.82, 2.24) is 5.43 Å². The van der Waals surface area contributed by atoms with Gasteiger partial charge in [-0.25, -0.2) is 12.8 Å².